The van der Waals surface area contributed by atoms with Crippen molar-refractivity contribution in [3.8, 4) is 16.9 Å². The molecule has 4 rings (SSSR count). The van der Waals surface area contributed by atoms with E-state index in [0.29, 0.717) is 13.0 Å². The van der Waals surface area contributed by atoms with Crippen molar-refractivity contribution in [2.45, 2.75) is 26.3 Å². The van der Waals surface area contributed by atoms with E-state index in [1.165, 1.54) is 0 Å². The van der Waals surface area contributed by atoms with Crippen molar-refractivity contribution in [3.63, 3.8) is 0 Å². The molecular formula is C26H27N3O3. The summed E-state index contributed by atoms with van der Waals surface area (Å²) in [7, 11) is 3.59. The van der Waals surface area contributed by atoms with Crippen LogP contribution in [0.4, 0.5) is 5.69 Å². The number of aryl methyl sites for hydroxylation is 3. The minimum Gasteiger partial charge on any atom is -0.497 e. The van der Waals surface area contributed by atoms with Crippen molar-refractivity contribution in [2.75, 3.05) is 12.4 Å². The van der Waals surface area contributed by atoms with Crippen LogP contribution in [0.15, 0.2) is 60.8 Å². The number of nitrogens with zero attached hydrogens (tertiary/aromatic N) is 2. The summed E-state index contributed by atoms with van der Waals surface area (Å²) in [5.74, 6) is 0.0438. The molecule has 0 radical (unpaired) electrons. The number of aliphatic carboxylic acids is 1. The molecule has 6 heteroatoms. The molecule has 32 heavy (non-hydrogen) atoms. The van der Waals surface area contributed by atoms with E-state index in [4.69, 9.17) is 9.84 Å². The Bertz CT molecular complexity index is 1260. The number of rotatable bonds is 8. The van der Waals surface area contributed by atoms with Gasteiger partial charge in [0.05, 0.1) is 18.8 Å². The lowest BCUT2D eigenvalue weighted by molar-refractivity contribution is -0.136. The molecular weight excluding hydrogens is 402 g/mol. The maximum atomic E-state index is 11.1. The molecule has 0 aliphatic heterocycles. The molecule has 0 saturated heterocycles. The summed E-state index contributed by atoms with van der Waals surface area (Å²) in [6.07, 6.45) is 2.48. The molecule has 0 unspecified atom stereocenters. The number of ether oxygens (including phenoxy) is 1. The predicted octanol–water partition coefficient (Wildman–Crippen LogP) is 5.19. The van der Waals surface area contributed by atoms with Crippen molar-refractivity contribution in [1.29, 1.82) is 0 Å². The van der Waals surface area contributed by atoms with Crippen molar-refractivity contribution in [2.24, 2.45) is 7.05 Å². The summed E-state index contributed by atoms with van der Waals surface area (Å²) < 4.78 is 7.10. The number of hydrogen-bond acceptors (Lipinski definition) is 4. The van der Waals surface area contributed by atoms with Gasteiger partial charge >= 0.3 is 5.97 Å². The van der Waals surface area contributed by atoms with E-state index in [9.17, 15) is 4.79 Å². The van der Waals surface area contributed by atoms with Gasteiger partial charge in [-0.2, -0.15) is 5.10 Å². The van der Waals surface area contributed by atoms with E-state index in [0.717, 1.165) is 50.2 Å². The number of carbonyl (C=O) groups is 1. The molecule has 1 heterocycles. The number of methoxy groups -OCH3 is 1. The Hall–Kier alpha value is -3.80. The summed E-state index contributed by atoms with van der Waals surface area (Å²) in [6, 6.07) is 18.5. The molecule has 0 aliphatic rings. The lowest BCUT2D eigenvalue weighted by atomic mass is 9.94. The fraction of sp³-hybridized carbons (Fsp3) is 0.231. The van der Waals surface area contributed by atoms with Crippen LogP contribution in [0, 0.1) is 6.92 Å². The van der Waals surface area contributed by atoms with E-state index >= 15 is 0 Å². The molecule has 1 aromatic heterocycles. The molecule has 0 amide bonds. The zero-order valence-electron chi connectivity index (χ0n) is 18.6. The van der Waals surface area contributed by atoms with Crippen LogP contribution in [-0.2, 0) is 24.8 Å². The zero-order chi connectivity index (χ0) is 22.7. The smallest absolute Gasteiger partial charge is 0.303 e. The van der Waals surface area contributed by atoms with Crippen LogP contribution in [0.25, 0.3) is 22.0 Å². The van der Waals surface area contributed by atoms with Crippen LogP contribution in [0.3, 0.4) is 0 Å². The molecule has 0 atom stereocenters. The highest BCUT2D eigenvalue weighted by Gasteiger charge is 2.12. The second-order valence-corrected chi connectivity index (χ2v) is 7.96. The Morgan fingerprint density at radius 3 is 2.62 bits per heavy atom. The van der Waals surface area contributed by atoms with Crippen LogP contribution in [-0.4, -0.2) is 28.0 Å². The second-order valence-electron chi connectivity index (χ2n) is 7.96. The molecule has 0 spiro atoms. The summed E-state index contributed by atoms with van der Waals surface area (Å²) >= 11 is 0. The van der Waals surface area contributed by atoms with Gasteiger partial charge in [-0.25, -0.2) is 0 Å². The largest absolute Gasteiger partial charge is 0.497 e. The van der Waals surface area contributed by atoms with Gasteiger partial charge in [0.15, 0.2) is 0 Å². The molecule has 0 bridgehead atoms. The first-order chi connectivity index (χ1) is 15.4. The predicted molar refractivity (Wildman–Crippen MR) is 127 cm³/mol. The number of carboxylic acid groups (broad SMARTS) is 1. The number of anilines is 1. The summed E-state index contributed by atoms with van der Waals surface area (Å²) in [4.78, 5) is 11.1. The molecule has 6 nitrogen and oxygen atoms in total. The van der Waals surface area contributed by atoms with Gasteiger partial charge < -0.3 is 15.2 Å². The number of aromatic nitrogens is 2. The van der Waals surface area contributed by atoms with Gasteiger partial charge in [0, 0.05) is 36.7 Å². The number of hydrogen-bond donors (Lipinski definition) is 2. The Labute approximate surface area is 187 Å². The Morgan fingerprint density at radius 1 is 1.12 bits per heavy atom. The van der Waals surface area contributed by atoms with Crippen molar-refractivity contribution in [3.05, 3.63) is 77.5 Å². The number of fused-ring (bicyclic) bond motifs is 1. The monoisotopic (exact) mass is 429 g/mol. The SMILES string of the molecule is COc1ccc(CNc2cc(C)c(CCC(=O)O)cc2-c2ccc3c(cnn3C)c2)cc1. The topological polar surface area (TPSA) is 76.4 Å². The van der Waals surface area contributed by atoms with Gasteiger partial charge in [0.1, 0.15) is 5.75 Å². The van der Waals surface area contributed by atoms with Gasteiger partial charge in [0.2, 0.25) is 0 Å². The summed E-state index contributed by atoms with van der Waals surface area (Å²) in [5.41, 5.74) is 7.47. The lowest BCUT2D eigenvalue weighted by Crippen LogP contribution is -2.04. The highest BCUT2D eigenvalue weighted by Crippen LogP contribution is 2.34. The lowest BCUT2D eigenvalue weighted by Gasteiger charge is -2.17. The van der Waals surface area contributed by atoms with E-state index in [1.54, 1.807) is 7.11 Å². The Morgan fingerprint density at radius 2 is 1.91 bits per heavy atom. The van der Waals surface area contributed by atoms with Gasteiger partial charge in [-0.05, 0) is 72.0 Å². The van der Waals surface area contributed by atoms with E-state index in [1.807, 2.05) is 49.1 Å². The van der Waals surface area contributed by atoms with E-state index in [2.05, 4.69) is 40.7 Å². The normalized spacial score (nSPS) is 11.0. The average Bonchev–Trinajstić information content (AvgIpc) is 3.17. The van der Waals surface area contributed by atoms with Crippen LogP contribution in [0.2, 0.25) is 0 Å². The van der Waals surface area contributed by atoms with Gasteiger partial charge in [-0.15, -0.1) is 0 Å². The van der Waals surface area contributed by atoms with Crippen LogP contribution >= 0.6 is 0 Å². The van der Waals surface area contributed by atoms with Crippen molar-refractivity contribution in [1.82, 2.24) is 9.78 Å². The fourth-order valence-corrected chi connectivity index (χ4v) is 3.92. The third-order valence-corrected chi connectivity index (χ3v) is 5.78. The van der Waals surface area contributed by atoms with Crippen LogP contribution in [0.1, 0.15) is 23.1 Å². The third kappa shape index (κ3) is 4.59. The van der Waals surface area contributed by atoms with E-state index < -0.39 is 5.97 Å². The highest BCUT2D eigenvalue weighted by atomic mass is 16.5. The minimum atomic E-state index is -0.788. The van der Waals surface area contributed by atoms with Gasteiger partial charge in [0.25, 0.3) is 0 Å². The first-order valence-corrected chi connectivity index (χ1v) is 10.6. The molecule has 2 N–H and O–H groups in total. The summed E-state index contributed by atoms with van der Waals surface area (Å²) in [6.45, 7) is 2.70. The maximum absolute atomic E-state index is 11.1. The molecule has 4 aromatic rings. The zero-order valence-corrected chi connectivity index (χ0v) is 18.6. The second kappa shape index (κ2) is 9.14. The standard InChI is InChI=1S/C26H27N3O3/c1-17-12-24(27-15-18-4-8-22(32-3)9-5-18)23(14-19(17)7-11-26(30)31)20-6-10-25-21(13-20)16-28-29(25)2/h4-6,8-10,12-14,16,27H,7,11,15H2,1-3H3,(H,30,31). The summed E-state index contributed by atoms with van der Waals surface area (Å²) in [5, 5.41) is 18.1. The van der Waals surface area contributed by atoms with Gasteiger partial charge in [-0.3, -0.25) is 9.48 Å². The molecule has 0 aliphatic carbocycles. The molecule has 0 fully saturated rings. The van der Waals surface area contributed by atoms with Crippen LogP contribution < -0.4 is 10.1 Å². The maximum Gasteiger partial charge on any atom is 0.303 e. The molecule has 3 aromatic carbocycles. The third-order valence-electron chi connectivity index (χ3n) is 5.78. The first-order valence-electron chi connectivity index (χ1n) is 10.6. The van der Waals surface area contributed by atoms with E-state index in [-0.39, 0.29) is 6.42 Å². The molecule has 0 saturated carbocycles. The van der Waals surface area contributed by atoms with Crippen LogP contribution in [0.5, 0.6) is 5.75 Å². The average molecular weight is 430 g/mol. The number of benzene rings is 3. The van der Waals surface area contributed by atoms with Crippen molar-refractivity contribution >= 4 is 22.6 Å². The Balaban J connectivity index is 1.70. The highest BCUT2D eigenvalue weighted by molar-refractivity contribution is 5.88. The first kappa shape index (κ1) is 21.4. The number of nitrogens with one attached hydrogen (secondary N) is 1. The van der Waals surface area contributed by atoms with Crippen molar-refractivity contribution < 1.29 is 14.6 Å². The van der Waals surface area contributed by atoms with Gasteiger partial charge in [-0.1, -0.05) is 18.2 Å². The Kier molecular flexibility index (Phi) is 6.12. The quantitative estimate of drug-likeness (QED) is 0.403. The number of carboxylic acids is 1. The molecule has 164 valence electrons. The minimum absolute atomic E-state index is 0.112. The fourth-order valence-electron chi connectivity index (χ4n) is 3.92.